The number of aromatic nitrogens is 1. The first-order valence-corrected chi connectivity index (χ1v) is 5.79. The van der Waals surface area contributed by atoms with E-state index in [1.54, 1.807) is 12.3 Å². The summed E-state index contributed by atoms with van der Waals surface area (Å²) in [4.78, 5) is 15.5. The molecule has 0 radical (unpaired) electrons. The van der Waals surface area contributed by atoms with Gasteiger partial charge in [-0.1, -0.05) is 13.8 Å². The summed E-state index contributed by atoms with van der Waals surface area (Å²) in [5.74, 6) is 0.588. The Kier molecular flexibility index (Phi) is 4.75. The number of rotatable bonds is 4. The van der Waals surface area contributed by atoms with Crippen LogP contribution in [0.25, 0.3) is 0 Å². The molecular formula is C11H15BrN2O. The number of carbonyl (C=O) groups excluding carboxylic acids is 1. The maximum atomic E-state index is 11.5. The van der Waals surface area contributed by atoms with E-state index in [4.69, 9.17) is 0 Å². The van der Waals surface area contributed by atoms with Crippen molar-refractivity contribution in [2.24, 2.45) is 5.92 Å². The average molecular weight is 271 g/mol. The number of halogens is 1. The number of pyridine rings is 1. The predicted molar refractivity (Wildman–Crippen MR) is 64.6 cm³/mol. The highest BCUT2D eigenvalue weighted by Crippen LogP contribution is 2.18. The Morgan fingerprint density at radius 3 is 2.93 bits per heavy atom. The summed E-state index contributed by atoms with van der Waals surface area (Å²) in [7, 11) is 0. The molecule has 1 amide bonds. The lowest BCUT2D eigenvalue weighted by atomic mass is 10.1. The number of hydrogen-bond donors (Lipinski definition) is 1. The van der Waals surface area contributed by atoms with Gasteiger partial charge in [-0.25, -0.2) is 4.98 Å². The second-order valence-electron chi connectivity index (χ2n) is 3.82. The lowest BCUT2D eigenvalue weighted by Gasteiger charge is -2.07. The van der Waals surface area contributed by atoms with Crippen molar-refractivity contribution in [3.8, 4) is 0 Å². The Bertz CT molecular complexity index is 339. The maximum Gasteiger partial charge on any atom is 0.224 e. The minimum absolute atomic E-state index is 0.0393. The Balaban J connectivity index is 2.48. The molecular weight excluding hydrogens is 256 g/mol. The topological polar surface area (TPSA) is 42.0 Å². The van der Waals surface area contributed by atoms with Crippen LogP contribution in [0.5, 0.6) is 0 Å². The van der Waals surface area contributed by atoms with E-state index < -0.39 is 0 Å². The molecule has 0 aliphatic rings. The van der Waals surface area contributed by atoms with Gasteiger partial charge in [0.1, 0.15) is 4.60 Å². The predicted octanol–water partition coefficient (Wildman–Crippen LogP) is 3.22. The molecule has 0 bridgehead atoms. The van der Waals surface area contributed by atoms with Crippen LogP contribution in [0.15, 0.2) is 22.9 Å². The number of carbonyl (C=O) groups is 1. The van der Waals surface area contributed by atoms with Crippen LogP contribution in [0, 0.1) is 5.92 Å². The van der Waals surface area contributed by atoms with Crippen molar-refractivity contribution >= 4 is 27.5 Å². The van der Waals surface area contributed by atoms with Gasteiger partial charge in [-0.05, 0) is 40.4 Å². The van der Waals surface area contributed by atoms with Gasteiger partial charge in [0, 0.05) is 12.6 Å². The molecule has 1 aromatic heterocycles. The summed E-state index contributed by atoms with van der Waals surface area (Å²) in [6.45, 7) is 4.21. The summed E-state index contributed by atoms with van der Waals surface area (Å²) in [5.41, 5.74) is 0.728. The second kappa shape index (κ2) is 5.85. The van der Waals surface area contributed by atoms with Gasteiger partial charge in [-0.3, -0.25) is 4.79 Å². The molecule has 0 spiro atoms. The Labute approximate surface area is 98.4 Å². The highest BCUT2D eigenvalue weighted by molar-refractivity contribution is 9.10. The van der Waals surface area contributed by atoms with E-state index in [9.17, 15) is 4.79 Å². The molecule has 82 valence electrons. The molecule has 0 aromatic carbocycles. The average Bonchev–Trinajstić information content (AvgIpc) is 2.18. The normalized spacial score (nSPS) is 10.4. The van der Waals surface area contributed by atoms with Gasteiger partial charge in [-0.2, -0.15) is 0 Å². The minimum Gasteiger partial charge on any atom is -0.324 e. The fraction of sp³-hybridized carbons (Fsp3) is 0.455. The van der Waals surface area contributed by atoms with Crippen LogP contribution in [0.1, 0.15) is 26.7 Å². The first-order valence-electron chi connectivity index (χ1n) is 5.00. The van der Waals surface area contributed by atoms with Crippen molar-refractivity contribution in [1.82, 2.24) is 4.98 Å². The molecule has 1 aromatic rings. The summed E-state index contributed by atoms with van der Waals surface area (Å²) in [6.07, 6.45) is 3.14. The third-order valence-electron chi connectivity index (χ3n) is 1.98. The van der Waals surface area contributed by atoms with Crippen LogP contribution in [0.3, 0.4) is 0 Å². The number of nitrogens with one attached hydrogen (secondary N) is 1. The van der Waals surface area contributed by atoms with Gasteiger partial charge in [0.25, 0.3) is 0 Å². The molecule has 0 aliphatic carbocycles. The number of amides is 1. The first kappa shape index (κ1) is 12.2. The van der Waals surface area contributed by atoms with Crippen LogP contribution in [-0.2, 0) is 4.79 Å². The van der Waals surface area contributed by atoms with Gasteiger partial charge in [-0.15, -0.1) is 0 Å². The van der Waals surface area contributed by atoms with Crippen LogP contribution in [0.4, 0.5) is 5.69 Å². The van der Waals surface area contributed by atoms with E-state index in [0.717, 1.165) is 12.1 Å². The lowest BCUT2D eigenvalue weighted by molar-refractivity contribution is -0.116. The van der Waals surface area contributed by atoms with E-state index in [2.05, 4.69) is 40.1 Å². The van der Waals surface area contributed by atoms with E-state index in [0.29, 0.717) is 16.9 Å². The molecule has 1 N–H and O–H groups in total. The zero-order valence-electron chi connectivity index (χ0n) is 8.96. The van der Waals surface area contributed by atoms with Crippen molar-refractivity contribution in [3.63, 3.8) is 0 Å². The van der Waals surface area contributed by atoms with Crippen molar-refractivity contribution in [3.05, 3.63) is 22.9 Å². The Morgan fingerprint density at radius 2 is 2.33 bits per heavy atom. The first-order chi connectivity index (χ1) is 7.09. The SMILES string of the molecule is CC(C)CCC(=O)Nc1cccnc1Br. The molecule has 0 atom stereocenters. The van der Waals surface area contributed by atoms with Crippen LogP contribution >= 0.6 is 15.9 Å². The zero-order chi connectivity index (χ0) is 11.3. The zero-order valence-corrected chi connectivity index (χ0v) is 10.5. The van der Waals surface area contributed by atoms with Gasteiger partial charge in [0.2, 0.25) is 5.91 Å². The van der Waals surface area contributed by atoms with Crippen LogP contribution in [-0.4, -0.2) is 10.9 Å². The highest BCUT2D eigenvalue weighted by atomic mass is 79.9. The second-order valence-corrected chi connectivity index (χ2v) is 4.57. The molecule has 0 saturated carbocycles. The molecule has 0 saturated heterocycles. The van der Waals surface area contributed by atoms with E-state index in [-0.39, 0.29) is 5.91 Å². The largest absolute Gasteiger partial charge is 0.324 e. The Hall–Kier alpha value is -0.900. The van der Waals surface area contributed by atoms with Gasteiger partial charge in [0.05, 0.1) is 5.69 Å². The van der Waals surface area contributed by atoms with Crippen LogP contribution in [0.2, 0.25) is 0 Å². The lowest BCUT2D eigenvalue weighted by Crippen LogP contribution is -2.12. The monoisotopic (exact) mass is 270 g/mol. The highest BCUT2D eigenvalue weighted by Gasteiger charge is 2.06. The number of anilines is 1. The van der Waals surface area contributed by atoms with Gasteiger partial charge >= 0.3 is 0 Å². The van der Waals surface area contributed by atoms with Crippen molar-refractivity contribution in [2.45, 2.75) is 26.7 Å². The van der Waals surface area contributed by atoms with Crippen molar-refractivity contribution in [1.29, 1.82) is 0 Å². The molecule has 3 nitrogen and oxygen atoms in total. The van der Waals surface area contributed by atoms with Gasteiger partial charge in [0.15, 0.2) is 0 Å². The molecule has 0 fully saturated rings. The Morgan fingerprint density at radius 1 is 1.60 bits per heavy atom. The molecule has 0 aliphatic heterocycles. The third kappa shape index (κ3) is 4.42. The maximum absolute atomic E-state index is 11.5. The molecule has 1 heterocycles. The summed E-state index contributed by atoms with van der Waals surface area (Å²) in [5, 5.41) is 2.82. The molecule has 0 unspecified atom stereocenters. The minimum atomic E-state index is 0.0393. The summed E-state index contributed by atoms with van der Waals surface area (Å²) >= 11 is 3.28. The van der Waals surface area contributed by atoms with Crippen molar-refractivity contribution < 1.29 is 4.79 Å². The molecule has 4 heteroatoms. The van der Waals surface area contributed by atoms with Crippen LogP contribution < -0.4 is 5.32 Å². The fourth-order valence-corrected chi connectivity index (χ4v) is 1.46. The number of nitrogens with zero attached hydrogens (tertiary/aromatic N) is 1. The van der Waals surface area contributed by atoms with E-state index >= 15 is 0 Å². The van der Waals surface area contributed by atoms with Crippen molar-refractivity contribution in [2.75, 3.05) is 5.32 Å². The number of hydrogen-bond acceptors (Lipinski definition) is 2. The standard InChI is InChI=1S/C11H15BrN2O/c1-8(2)5-6-10(15)14-9-4-3-7-13-11(9)12/h3-4,7-8H,5-6H2,1-2H3,(H,14,15). The molecule has 15 heavy (non-hydrogen) atoms. The van der Waals surface area contributed by atoms with E-state index in [1.807, 2.05) is 6.07 Å². The van der Waals surface area contributed by atoms with Gasteiger partial charge < -0.3 is 5.32 Å². The van der Waals surface area contributed by atoms with E-state index in [1.165, 1.54) is 0 Å². The summed E-state index contributed by atoms with van der Waals surface area (Å²) < 4.78 is 0.669. The summed E-state index contributed by atoms with van der Waals surface area (Å²) in [6, 6.07) is 3.62. The smallest absolute Gasteiger partial charge is 0.224 e. The molecule has 1 rings (SSSR count). The third-order valence-corrected chi connectivity index (χ3v) is 2.61. The quantitative estimate of drug-likeness (QED) is 0.854. The fourth-order valence-electron chi connectivity index (χ4n) is 1.11.